The summed E-state index contributed by atoms with van der Waals surface area (Å²) in [6.45, 7) is 6.38. The molecule has 0 unspecified atom stereocenters. The third-order valence-corrected chi connectivity index (χ3v) is 6.21. The summed E-state index contributed by atoms with van der Waals surface area (Å²) >= 11 is 1.29. The molecule has 162 valence electrons. The molecule has 0 spiro atoms. The van der Waals surface area contributed by atoms with Gasteiger partial charge in [0.15, 0.2) is 10.7 Å². The standard InChI is InChI=1S/C21H25N7O2S/c1-5-14(3)23-17(29)12-31-21-25-24-20-27(11-15-8-6-13(2)7-9-15)19(30)18-16(28(20)21)10-22-26(18)4/h6-10,14H,5,11-12H2,1-4H3,(H,23,29)/t14-/m1/s1. The molecule has 4 aromatic rings. The van der Waals surface area contributed by atoms with E-state index in [0.29, 0.717) is 28.5 Å². The Morgan fingerprint density at radius 2 is 1.97 bits per heavy atom. The summed E-state index contributed by atoms with van der Waals surface area (Å²) in [5.74, 6) is 0.576. The molecule has 9 nitrogen and oxygen atoms in total. The van der Waals surface area contributed by atoms with E-state index in [4.69, 9.17) is 0 Å². The molecule has 1 atom stereocenters. The molecule has 1 amide bonds. The smallest absolute Gasteiger partial charge is 0.281 e. The van der Waals surface area contributed by atoms with Crippen LogP contribution in [0.2, 0.25) is 0 Å². The molecule has 31 heavy (non-hydrogen) atoms. The van der Waals surface area contributed by atoms with Gasteiger partial charge in [-0.3, -0.25) is 23.2 Å². The second-order valence-electron chi connectivity index (χ2n) is 7.66. The normalized spacial score (nSPS) is 12.5. The SMILES string of the molecule is CC[C@@H](C)NC(=O)CSc1nnc2n(Cc3ccc(C)cc3)c(=O)c3c(cnn3C)n12. The maximum absolute atomic E-state index is 13.3. The molecule has 10 heteroatoms. The molecule has 0 aliphatic heterocycles. The van der Waals surface area contributed by atoms with Gasteiger partial charge in [-0.2, -0.15) is 5.10 Å². The van der Waals surface area contributed by atoms with Crippen molar-refractivity contribution >= 4 is 34.5 Å². The van der Waals surface area contributed by atoms with Crippen molar-refractivity contribution in [3.05, 3.63) is 51.9 Å². The van der Waals surface area contributed by atoms with Crippen molar-refractivity contribution in [2.75, 3.05) is 5.75 Å². The summed E-state index contributed by atoms with van der Waals surface area (Å²) in [5.41, 5.74) is 3.05. The van der Waals surface area contributed by atoms with Crippen LogP contribution in [0.3, 0.4) is 0 Å². The zero-order valence-corrected chi connectivity index (χ0v) is 18.8. The molecule has 0 saturated carbocycles. The van der Waals surface area contributed by atoms with Crippen LogP contribution in [0.1, 0.15) is 31.4 Å². The number of aryl methyl sites for hydroxylation is 2. The van der Waals surface area contributed by atoms with Crippen molar-refractivity contribution in [3.63, 3.8) is 0 Å². The fraction of sp³-hybridized carbons (Fsp3) is 0.381. The third-order valence-electron chi connectivity index (χ3n) is 5.28. The second kappa shape index (κ2) is 8.54. The minimum atomic E-state index is -0.179. The molecule has 1 aromatic carbocycles. The zero-order chi connectivity index (χ0) is 22.1. The van der Waals surface area contributed by atoms with Gasteiger partial charge in [-0.05, 0) is 25.8 Å². The molecule has 1 N–H and O–H groups in total. The van der Waals surface area contributed by atoms with Gasteiger partial charge < -0.3 is 5.32 Å². The van der Waals surface area contributed by atoms with E-state index in [-0.39, 0.29) is 23.3 Å². The number of rotatable bonds is 7. The number of amides is 1. The van der Waals surface area contributed by atoms with Crippen molar-refractivity contribution in [2.45, 2.75) is 44.9 Å². The highest BCUT2D eigenvalue weighted by Crippen LogP contribution is 2.21. The molecular formula is C21H25N7O2S. The molecule has 0 aliphatic rings. The van der Waals surface area contributed by atoms with Gasteiger partial charge in [0, 0.05) is 13.1 Å². The largest absolute Gasteiger partial charge is 0.353 e. The maximum Gasteiger partial charge on any atom is 0.281 e. The Bertz CT molecular complexity index is 1300. The van der Waals surface area contributed by atoms with Crippen LogP contribution in [0.4, 0.5) is 0 Å². The van der Waals surface area contributed by atoms with Crippen molar-refractivity contribution in [3.8, 4) is 0 Å². The summed E-state index contributed by atoms with van der Waals surface area (Å²) in [6.07, 6.45) is 2.50. The van der Waals surface area contributed by atoms with E-state index in [1.165, 1.54) is 11.8 Å². The first-order valence-corrected chi connectivity index (χ1v) is 11.1. The molecule has 0 radical (unpaired) electrons. The predicted octanol–water partition coefficient (Wildman–Crippen LogP) is 2.14. The molecular weight excluding hydrogens is 414 g/mol. The quantitative estimate of drug-likeness (QED) is 0.443. The Morgan fingerprint density at radius 1 is 1.23 bits per heavy atom. The van der Waals surface area contributed by atoms with Gasteiger partial charge in [-0.25, -0.2) is 0 Å². The molecule has 0 bridgehead atoms. The van der Waals surface area contributed by atoms with Crippen LogP contribution in [-0.4, -0.2) is 46.6 Å². The van der Waals surface area contributed by atoms with Gasteiger partial charge in [-0.1, -0.05) is 48.5 Å². The van der Waals surface area contributed by atoms with Gasteiger partial charge in [0.1, 0.15) is 5.52 Å². The van der Waals surface area contributed by atoms with E-state index >= 15 is 0 Å². The number of fused-ring (bicyclic) bond motifs is 3. The summed E-state index contributed by atoms with van der Waals surface area (Å²) in [5, 5.41) is 16.3. The number of thioether (sulfide) groups is 1. The predicted molar refractivity (Wildman–Crippen MR) is 120 cm³/mol. The highest BCUT2D eigenvalue weighted by molar-refractivity contribution is 7.99. The average Bonchev–Trinajstić information content (AvgIpc) is 3.34. The van der Waals surface area contributed by atoms with Crippen LogP contribution in [-0.2, 0) is 18.4 Å². The van der Waals surface area contributed by atoms with Crippen LogP contribution in [0.15, 0.2) is 40.4 Å². The lowest BCUT2D eigenvalue weighted by atomic mass is 10.1. The first-order valence-electron chi connectivity index (χ1n) is 10.2. The van der Waals surface area contributed by atoms with Gasteiger partial charge in [0.05, 0.1) is 18.5 Å². The number of nitrogens with one attached hydrogen (secondary N) is 1. The summed E-state index contributed by atoms with van der Waals surface area (Å²) in [4.78, 5) is 25.5. The molecule has 0 saturated heterocycles. The Labute approximate surface area is 183 Å². The zero-order valence-electron chi connectivity index (χ0n) is 18.0. The van der Waals surface area contributed by atoms with Crippen molar-refractivity contribution in [1.82, 2.24) is 34.3 Å². The van der Waals surface area contributed by atoms with E-state index in [1.54, 1.807) is 26.9 Å². The molecule has 0 aliphatic carbocycles. The van der Waals surface area contributed by atoms with Gasteiger partial charge >= 0.3 is 0 Å². The highest BCUT2D eigenvalue weighted by atomic mass is 32.2. The van der Waals surface area contributed by atoms with E-state index in [2.05, 4.69) is 20.6 Å². The average molecular weight is 440 g/mol. The van der Waals surface area contributed by atoms with Crippen LogP contribution in [0, 0.1) is 6.92 Å². The molecule has 3 aromatic heterocycles. The Kier molecular flexibility index (Phi) is 5.81. The number of benzene rings is 1. The van der Waals surface area contributed by atoms with E-state index in [9.17, 15) is 9.59 Å². The van der Waals surface area contributed by atoms with Gasteiger partial charge in [0.25, 0.3) is 5.56 Å². The summed E-state index contributed by atoms with van der Waals surface area (Å²) in [6, 6.07) is 8.14. The van der Waals surface area contributed by atoms with Crippen molar-refractivity contribution in [1.29, 1.82) is 0 Å². The Morgan fingerprint density at radius 3 is 2.68 bits per heavy atom. The molecule has 4 rings (SSSR count). The maximum atomic E-state index is 13.3. The van der Waals surface area contributed by atoms with Crippen LogP contribution in [0.25, 0.3) is 16.8 Å². The summed E-state index contributed by atoms with van der Waals surface area (Å²) in [7, 11) is 1.74. The number of aromatic nitrogens is 6. The van der Waals surface area contributed by atoms with Crippen molar-refractivity contribution < 1.29 is 4.79 Å². The van der Waals surface area contributed by atoms with E-state index in [0.717, 1.165) is 17.5 Å². The minimum Gasteiger partial charge on any atom is -0.353 e. The van der Waals surface area contributed by atoms with Gasteiger partial charge in [-0.15, -0.1) is 10.2 Å². The lowest BCUT2D eigenvalue weighted by Gasteiger charge is -2.11. The highest BCUT2D eigenvalue weighted by Gasteiger charge is 2.20. The van der Waals surface area contributed by atoms with Crippen LogP contribution >= 0.6 is 11.8 Å². The van der Waals surface area contributed by atoms with E-state index < -0.39 is 0 Å². The lowest BCUT2D eigenvalue weighted by molar-refractivity contribution is -0.119. The number of nitrogens with zero attached hydrogens (tertiary/aromatic N) is 6. The Balaban J connectivity index is 1.77. The fourth-order valence-electron chi connectivity index (χ4n) is 3.36. The second-order valence-corrected chi connectivity index (χ2v) is 8.60. The topological polar surface area (TPSA) is 99.1 Å². The first-order chi connectivity index (χ1) is 14.9. The number of carbonyl (C=O) groups excluding carboxylic acids is 1. The lowest BCUT2D eigenvalue weighted by Crippen LogP contribution is -2.33. The number of hydrogen-bond donors (Lipinski definition) is 1. The minimum absolute atomic E-state index is 0.0634. The van der Waals surface area contributed by atoms with Crippen LogP contribution < -0.4 is 10.9 Å². The molecule has 0 fully saturated rings. The first kappa shape index (κ1) is 21.1. The fourth-order valence-corrected chi connectivity index (χ4v) is 4.12. The third kappa shape index (κ3) is 4.07. The monoisotopic (exact) mass is 439 g/mol. The van der Waals surface area contributed by atoms with E-state index in [1.807, 2.05) is 45.0 Å². The van der Waals surface area contributed by atoms with Gasteiger partial charge in [0.2, 0.25) is 11.7 Å². The van der Waals surface area contributed by atoms with Crippen LogP contribution in [0.5, 0.6) is 0 Å². The number of carbonyl (C=O) groups is 1. The number of hydrogen-bond acceptors (Lipinski definition) is 6. The summed E-state index contributed by atoms with van der Waals surface area (Å²) < 4.78 is 4.97. The Hall–Kier alpha value is -3.14. The molecule has 3 heterocycles. The van der Waals surface area contributed by atoms with Crippen molar-refractivity contribution in [2.24, 2.45) is 7.05 Å².